The normalized spacial score (nSPS) is 15.8. The molecule has 25 heavy (non-hydrogen) atoms. The monoisotopic (exact) mass is 358 g/mol. The molecule has 0 saturated carbocycles. The number of rotatable bonds is 4. The van der Waals surface area contributed by atoms with Crippen molar-refractivity contribution in [3.63, 3.8) is 0 Å². The number of carbonyl (C=O) groups is 2. The Balaban J connectivity index is 1.59. The first-order chi connectivity index (χ1) is 12.0. The Kier molecular flexibility index (Phi) is 5.42. The maximum Gasteiger partial charge on any atom is 0.261 e. The van der Waals surface area contributed by atoms with E-state index in [9.17, 15) is 9.59 Å². The Bertz CT molecular complexity index is 773. The predicted octanol–water partition coefficient (Wildman–Crippen LogP) is 3.98. The molecule has 0 atom stereocenters. The number of benzene rings is 1. The van der Waals surface area contributed by atoms with Crippen molar-refractivity contribution < 1.29 is 9.59 Å². The van der Waals surface area contributed by atoms with Crippen LogP contribution < -0.4 is 5.32 Å². The van der Waals surface area contributed by atoms with Crippen LogP contribution in [0.5, 0.6) is 0 Å². The Labute approximate surface area is 153 Å². The van der Waals surface area contributed by atoms with Gasteiger partial charge in [0, 0.05) is 30.3 Å². The SMILES string of the molecule is Cc1c(C(=O)NC2CCN(C(=O)CC(C)C)CC2)sc2ccccc12. The van der Waals surface area contributed by atoms with E-state index in [0.29, 0.717) is 12.3 Å². The maximum absolute atomic E-state index is 12.7. The molecule has 0 radical (unpaired) electrons. The highest BCUT2D eigenvalue weighted by Crippen LogP contribution is 2.30. The van der Waals surface area contributed by atoms with Gasteiger partial charge in [0.15, 0.2) is 0 Å². The van der Waals surface area contributed by atoms with Crippen LogP contribution in [0, 0.1) is 12.8 Å². The second-order valence-corrected chi connectivity index (χ2v) is 8.33. The van der Waals surface area contributed by atoms with E-state index in [1.54, 1.807) is 11.3 Å². The number of amides is 2. The van der Waals surface area contributed by atoms with Crippen molar-refractivity contribution in [1.82, 2.24) is 10.2 Å². The zero-order valence-electron chi connectivity index (χ0n) is 15.2. The van der Waals surface area contributed by atoms with Crippen molar-refractivity contribution in [1.29, 1.82) is 0 Å². The lowest BCUT2D eigenvalue weighted by Crippen LogP contribution is -2.46. The topological polar surface area (TPSA) is 49.4 Å². The zero-order valence-corrected chi connectivity index (χ0v) is 16.0. The van der Waals surface area contributed by atoms with Crippen LogP contribution in [0.3, 0.4) is 0 Å². The third kappa shape index (κ3) is 4.03. The van der Waals surface area contributed by atoms with Gasteiger partial charge in [-0.25, -0.2) is 0 Å². The number of thiophene rings is 1. The van der Waals surface area contributed by atoms with E-state index in [0.717, 1.165) is 46.5 Å². The Hall–Kier alpha value is -1.88. The van der Waals surface area contributed by atoms with E-state index >= 15 is 0 Å². The number of nitrogens with one attached hydrogen (secondary N) is 1. The molecule has 2 heterocycles. The summed E-state index contributed by atoms with van der Waals surface area (Å²) < 4.78 is 1.15. The van der Waals surface area contributed by atoms with Crippen LogP contribution in [0.25, 0.3) is 10.1 Å². The molecule has 2 amide bonds. The summed E-state index contributed by atoms with van der Waals surface area (Å²) in [6, 6.07) is 8.29. The van der Waals surface area contributed by atoms with E-state index in [-0.39, 0.29) is 17.9 Å². The molecule has 5 heteroatoms. The molecule has 4 nitrogen and oxygen atoms in total. The molecular formula is C20H26N2O2S. The van der Waals surface area contributed by atoms with Crippen LogP contribution in [-0.2, 0) is 4.79 Å². The first-order valence-corrected chi connectivity index (χ1v) is 9.84. The number of piperidine rings is 1. The fourth-order valence-corrected chi connectivity index (χ4v) is 4.51. The van der Waals surface area contributed by atoms with E-state index in [4.69, 9.17) is 0 Å². The largest absolute Gasteiger partial charge is 0.348 e. The third-order valence-corrected chi connectivity index (χ3v) is 6.09. The lowest BCUT2D eigenvalue weighted by atomic mass is 10.0. The Morgan fingerprint density at radius 2 is 1.92 bits per heavy atom. The number of fused-ring (bicyclic) bond motifs is 1. The summed E-state index contributed by atoms with van der Waals surface area (Å²) in [4.78, 5) is 27.6. The van der Waals surface area contributed by atoms with Gasteiger partial charge < -0.3 is 10.2 Å². The number of hydrogen-bond acceptors (Lipinski definition) is 3. The van der Waals surface area contributed by atoms with Crippen molar-refractivity contribution in [2.45, 2.75) is 46.1 Å². The van der Waals surface area contributed by atoms with Crippen molar-refractivity contribution in [3.05, 3.63) is 34.7 Å². The van der Waals surface area contributed by atoms with Gasteiger partial charge in [-0.3, -0.25) is 9.59 Å². The van der Waals surface area contributed by atoms with E-state index < -0.39 is 0 Å². The van der Waals surface area contributed by atoms with Crippen molar-refractivity contribution in [3.8, 4) is 0 Å². The second-order valence-electron chi connectivity index (χ2n) is 7.28. The minimum Gasteiger partial charge on any atom is -0.348 e. The zero-order chi connectivity index (χ0) is 18.0. The third-order valence-electron chi connectivity index (χ3n) is 4.82. The van der Waals surface area contributed by atoms with Crippen LogP contribution >= 0.6 is 11.3 Å². The molecule has 1 N–H and O–H groups in total. The van der Waals surface area contributed by atoms with E-state index in [1.165, 1.54) is 0 Å². The average molecular weight is 359 g/mol. The van der Waals surface area contributed by atoms with E-state index in [2.05, 4.69) is 31.3 Å². The number of nitrogens with zero attached hydrogens (tertiary/aromatic N) is 1. The molecule has 134 valence electrons. The van der Waals surface area contributed by atoms with Crippen LogP contribution in [0.4, 0.5) is 0 Å². The van der Waals surface area contributed by atoms with Crippen LogP contribution in [-0.4, -0.2) is 35.8 Å². The smallest absolute Gasteiger partial charge is 0.261 e. The second kappa shape index (κ2) is 7.56. The van der Waals surface area contributed by atoms with Crippen LogP contribution in [0.2, 0.25) is 0 Å². The molecule has 0 bridgehead atoms. The molecule has 0 spiro atoms. The van der Waals surface area contributed by atoms with Gasteiger partial charge in [0.2, 0.25) is 5.91 Å². The van der Waals surface area contributed by atoms with E-state index in [1.807, 2.05) is 24.0 Å². The average Bonchev–Trinajstić information content (AvgIpc) is 2.92. The summed E-state index contributed by atoms with van der Waals surface area (Å²) in [5.74, 6) is 0.645. The minimum atomic E-state index is 0.0191. The lowest BCUT2D eigenvalue weighted by molar-refractivity contribution is -0.133. The summed E-state index contributed by atoms with van der Waals surface area (Å²) in [5.41, 5.74) is 1.06. The molecule has 2 aromatic rings. The summed E-state index contributed by atoms with van der Waals surface area (Å²) in [6.07, 6.45) is 2.27. The Morgan fingerprint density at radius 3 is 2.56 bits per heavy atom. The van der Waals surface area contributed by atoms with Crippen molar-refractivity contribution in [2.24, 2.45) is 5.92 Å². The molecule has 0 aliphatic carbocycles. The summed E-state index contributed by atoms with van der Waals surface area (Å²) in [5, 5.41) is 4.33. The first kappa shape index (κ1) is 17.9. The predicted molar refractivity (Wildman–Crippen MR) is 103 cm³/mol. The highest BCUT2D eigenvalue weighted by atomic mass is 32.1. The summed E-state index contributed by atoms with van der Waals surface area (Å²) >= 11 is 1.56. The van der Waals surface area contributed by atoms with Gasteiger partial charge in [-0.05, 0) is 42.7 Å². The number of carbonyl (C=O) groups excluding carboxylic acids is 2. The fraction of sp³-hybridized carbons (Fsp3) is 0.500. The number of aryl methyl sites for hydroxylation is 1. The molecule has 1 aliphatic rings. The fourth-order valence-electron chi connectivity index (χ4n) is 3.39. The molecule has 1 aromatic heterocycles. The Morgan fingerprint density at radius 1 is 1.24 bits per heavy atom. The highest BCUT2D eigenvalue weighted by Gasteiger charge is 2.25. The van der Waals surface area contributed by atoms with Crippen LogP contribution in [0.15, 0.2) is 24.3 Å². The summed E-state index contributed by atoms with van der Waals surface area (Å²) in [7, 11) is 0. The molecular weight excluding hydrogens is 332 g/mol. The first-order valence-electron chi connectivity index (χ1n) is 9.02. The molecule has 0 unspecified atom stereocenters. The quantitative estimate of drug-likeness (QED) is 0.899. The molecule has 1 saturated heterocycles. The minimum absolute atomic E-state index is 0.0191. The summed E-state index contributed by atoms with van der Waals surface area (Å²) in [6.45, 7) is 7.63. The van der Waals surface area contributed by atoms with Gasteiger partial charge in [-0.15, -0.1) is 11.3 Å². The molecule has 1 aliphatic heterocycles. The van der Waals surface area contributed by atoms with Crippen LogP contribution in [0.1, 0.15) is 48.3 Å². The molecule has 1 aromatic carbocycles. The van der Waals surface area contributed by atoms with Gasteiger partial charge in [-0.2, -0.15) is 0 Å². The van der Waals surface area contributed by atoms with Gasteiger partial charge >= 0.3 is 0 Å². The number of likely N-dealkylation sites (tertiary alicyclic amines) is 1. The number of hydrogen-bond donors (Lipinski definition) is 1. The van der Waals surface area contributed by atoms with Crippen molar-refractivity contribution in [2.75, 3.05) is 13.1 Å². The lowest BCUT2D eigenvalue weighted by Gasteiger charge is -2.32. The van der Waals surface area contributed by atoms with Gasteiger partial charge in [0.25, 0.3) is 5.91 Å². The van der Waals surface area contributed by atoms with Crippen molar-refractivity contribution >= 4 is 33.2 Å². The van der Waals surface area contributed by atoms with Gasteiger partial charge in [0.1, 0.15) is 0 Å². The molecule has 1 fully saturated rings. The van der Waals surface area contributed by atoms with Gasteiger partial charge in [-0.1, -0.05) is 32.0 Å². The highest BCUT2D eigenvalue weighted by molar-refractivity contribution is 7.21. The van der Waals surface area contributed by atoms with Gasteiger partial charge in [0.05, 0.1) is 4.88 Å². The molecule has 3 rings (SSSR count). The standard InChI is InChI=1S/C20H26N2O2S/c1-13(2)12-18(23)22-10-8-15(9-11-22)21-20(24)19-14(3)16-6-4-5-7-17(16)25-19/h4-7,13,15H,8-12H2,1-3H3,(H,21,24). The maximum atomic E-state index is 12.7.